The van der Waals surface area contributed by atoms with Crippen molar-refractivity contribution in [2.45, 2.75) is 78.6 Å². The van der Waals surface area contributed by atoms with Gasteiger partial charge in [0.1, 0.15) is 0 Å². The van der Waals surface area contributed by atoms with E-state index in [1.54, 1.807) is 0 Å². The average molecular weight is 285 g/mol. The Bertz CT molecular complexity index is 499. The number of nitrogens with zero attached hydrogens (tertiary/aromatic N) is 1. The van der Waals surface area contributed by atoms with Gasteiger partial charge in [0.2, 0.25) is 0 Å². The van der Waals surface area contributed by atoms with Crippen LogP contribution >= 0.6 is 0 Å². The molecule has 0 amide bonds. The molecule has 1 heterocycles. The molecule has 21 heavy (non-hydrogen) atoms. The fourth-order valence-corrected chi connectivity index (χ4v) is 3.39. The van der Waals surface area contributed by atoms with Crippen LogP contribution < -0.4 is 0 Å². The zero-order valence-electron chi connectivity index (χ0n) is 14.3. The van der Waals surface area contributed by atoms with Gasteiger partial charge in [-0.1, -0.05) is 58.3 Å². The highest BCUT2D eigenvalue weighted by atomic mass is 14.7. The highest BCUT2D eigenvalue weighted by Gasteiger charge is 2.36. The molecule has 1 heteroatoms. The fourth-order valence-electron chi connectivity index (χ4n) is 3.39. The van der Waals surface area contributed by atoms with Gasteiger partial charge in [-0.05, 0) is 49.7 Å². The van der Waals surface area contributed by atoms with E-state index in [9.17, 15) is 0 Å². The Morgan fingerprint density at radius 2 is 2.00 bits per heavy atom. The Morgan fingerprint density at radius 3 is 2.62 bits per heavy atom. The third-order valence-corrected chi connectivity index (χ3v) is 5.20. The highest BCUT2D eigenvalue weighted by molar-refractivity contribution is 5.32. The molecular formula is C20H31N. The predicted octanol–water partition coefficient (Wildman–Crippen LogP) is 5.97. The molecule has 0 aromatic carbocycles. The zero-order valence-corrected chi connectivity index (χ0v) is 14.3. The standard InChI is InChI=1S/C20H31N/c1-6-7-8-9-10-18-15(2)11-12-19(21-18)17-13-14-20(4,5)16(17)3/h11-12,17H,3,6-10,13-14H2,1-2,4-5H3. The van der Waals surface area contributed by atoms with Crippen molar-refractivity contribution in [3.63, 3.8) is 0 Å². The average Bonchev–Trinajstić information content (AvgIpc) is 2.72. The molecule has 116 valence electrons. The lowest BCUT2D eigenvalue weighted by atomic mass is 9.85. The van der Waals surface area contributed by atoms with E-state index in [-0.39, 0.29) is 5.41 Å². The summed E-state index contributed by atoms with van der Waals surface area (Å²) in [7, 11) is 0. The second kappa shape index (κ2) is 6.77. The molecule has 0 radical (unpaired) electrons. The van der Waals surface area contributed by atoms with E-state index >= 15 is 0 Å². The number of aromatic nitrogens is 1. The summed E-state index contributed by atoms with van der Waals surface area (Å²) < 4.78 is 0. The maximum absolute atomic E-state index is 5.01. The van der Waals surface area contributed by atoms with E-state index < -0.39 is 0 Å². The number of hydrogen-bond acceptors (Lipinski definition) is 1. The largest absolute Gasteiger partial charge is 0.257 e. The zero-order chi connectivity index (χ0) is 15.5. The Hall–Kier alpha value is -1.11. The van der Waals surface area contributed by atoms with Gasteiger partial charge < -0.3 is 0 Å². The van der Waals surface area contributed by atoms with Crippen LogP contribution in [0.2, 0.25) is 0 Å². The second-order valence-corrected chi connectivity index (χ2v) is 7.31. The predicted molar refractivity (Wildman–Crippen MR) is 91.7 cm³/mol. The van der Waals surface area contributed by atoms with Crippen molar-refractivity contribution in [3.8, 4) is 0 Å². The van der Waals surface area contributed by atoms with Crippen molar-refractivity contribution in [3.05, 3.63) is 41.2 Å². The van der Waals surface area contributed by atoms with Crippen molar-refractivity contribution in [1.82, 2.24) is 4.98 Å². The van der Waals surface area contributed by atoms with E-state index in [0.29, 0.717) is 5.92 Å². The molecule has 1 atom stereocenters. The van der Waals surface area contributed by atoms with Gasteiger partial charge in [0.25, 0.3) is 0 Å². The lowest BCUT2D eigenvalue weighted by molar-refractivity contribution is 0.463. The summed E-state index contributed by atoms with van der Waals surface area (Å²) in [6.45, 7) is 13.4. The van der Waals surface area contributed by atoms with Crippen molar-refractivity contribution in [2.24, 2.45) is 5.41 Å². The van der Waals surface area contributed by atoms with E-state index in [1.165, 1.54) is 61.0 Å². The minimum Gasteiger partial charge on any atom is -0.257 e. The van der Waals surface area contributed by atoms with Crippen molar-refractivity contribution >= 4 is 0 Å². The molecule has 1 aliphatic rings. The normalized spacial score (nSPS) is 21.0. The summed E-state index contributed by atoms with van der Waals surface area (Å²) in [6, 6.07) is 4.48. The summed E-state index contributed by atoms with van der Waals surface area (Å²) in [5.74, 6) is 0.468. The first-order valence-corrected chi connectivity index (χ1v) is 8.61. The Labute approximate surface area is 130 Å². The van der Waals surface area contributed by atoms with Crippen molar-refractivity contribution in [1.29, 1.82) is 0 Å². The molecule has 0 N–H and O–H groups in total. The van der Waals surface area contributed by atoms with E-state index in [4.69, 9.17) is 4.98 Å². The molecule has 2 rings (SSSR count). The van der Waals surface area contributed by atoms with Gasteiger partial charge in [-0.2, -0.15) is 0 Å². The lowest BCUT2D eigenvalue weighted by Crippen LogP contribution is -2.10. The van der Waals surface area contributed by atoms with Crippen molar-refractivity contribution < 1.29 is 0 Å². The van der Waals surface area contributed by atoms with Crippen LogP contribution in [0.5, 0.6) is 0 Å². The van der Waals surface area contributed by atoms with Crippen LogP contribution in [0.1, 0.15) is 82.2 Å². The Balaban J connectivity index is 2.10. The first-order valence-electron chi connectivity index (χ1n) is 8.61. The molecule has 1 aliphatic carbocycles. The molecule has 1 fully saturated rings. The van der Waals surface area contributed by atoms with Gasteiger partial charge >= 0.3 is 0 Å². The molecule has 0 saturated heterocycles. The SMILES string of the molecule is C=C1C(c2ccc(C)c(CCCCCC)n2)CCC1(C)C. The Kier molecular flexibility index (Phi) is 5.24. The number of pyridine rings is 1. The first kappa shape index (κ1) is 16.3. The summed E-state index contributed by atoms with van der Waals surface area (Å²) >= 11 is 0. The summed E-state index contributed by atoms with van der Waals surface area (Å²) in [5.41, 5.74) is 5.55. The second-order valence-electron chi connectivity index (χ2n) is 7.31. The van der Waals surface area contributed by atoms with Crippen LogP contribution in [0, 0.1) is 12.3 Å². The minimum absolute atomic E-state index is 0.276. The third kappa shape index (κ3) is 3.75. The molecule has 0 bridgehead atoms. The summed E-state index contributed by atoms with van der Waals surface area (Å²) in [4.78, 5) is 5.01. The highest BCUT2D eigenvalue weighted by Crippen LogP contribution is 2.49. The Morgan fingerprint density at radius 1 is 1.24 bits per heavy atom. The van der Waals surface area contributed by atoms with Crippen molar-refractivity contribution in [2.75, 3.05) is 0 Å². The molecule has 1 nitrogen and oxygen atoms in total. The van der Waals surface area contributed by atoms with Crippen LogP contribution in [-0.4, -0.2) is 4.98 Å². The smallest absolute Gasteiger partial charge is 0.0478 e. The van der Waals surface area contributed by atoms with Gasteiger partial charge in [-0.25, -0.2) is 0 Å². The van der Waals surface area contributed by atoms with Gasteiger partial charge in [-0.15, -0.1) is 0 Å². The fraction of sp³-hybridized carbons (Fsp3) is 0.650. The number of hydrogen-bond donors (Lipinski definition) is 0. The van der Waals surface area contributed by atoms with Crippen LogP contribution in [0.15, 0.2) is 24.3 Å². The number of unbranched alkanes of at least 4 members (excludes halogenated alkanes) is 3. The van der Waals surface area contributed by atoms with Crippen LogP contribution in [0.25, 0.3) is 0 Å². The molecule has 0 aliphatic heterocycles. The van der Waals surface area contributed by atoms with E-state index in [2.05, 4.69) is 46.4 Å². The van der Waals surface area contributed by atoms with Gasteiger partial charge in [0, 0.05) is 17.3 Å². The maximum Gasteiger partial charge on any atom is 0.0478 e. The van der Waals surface area contributed by atoms with Crippen LogP contribution in [0.4, 0.5) is 0 Å². The van der Waals surface area contributed by atoms with Gasteiger partial charge in [0.05, 0.1) is 0 Å². The summed E-state index contributed by atoms with van der Waals surface area (Å²) in [6.07, 6.45) is 8.79. The monoisotopic (exact) mass is 285 g/mol. The molecule has 1 aromatic rings. The molecule has 0 spiro atoms. The van der Waals surface area contributed by atoms with E-state index in [0.717, 1.165) is 6.42 Å². The first-order chi connectivity index (χ1) is 9.95. The van der Waals surface area contributed by atoms with E-state index in [1.807, 2.05) is 0 Å². The van der Waals surface area contributed by atoms with Crippen LogP contribution in [0.3, 0.4) is 0 Å². The third-order valence-electron chi connectivity index (χ3n) is 5.20. The van der Waals surface area contributed by atoms with Gasteiger partial charge in [0.15, 0.2) is 0 Å². The molecule has 1 unspecified atom stereocenters. The number of rotatable bonds is 6. The lowest BCUT2D eigenvalue weighted by Gasteiger charge is -2.21. The number of aryl methyl sites for hydroxylation is 2. The summed E-state index contributed by atoms with van der Waals surface area (Å²) in [5, 5.41) is 0. The number of allylic oxidation sites excluding steroid dienone is 1. The topological polar surface area (TPSA) is 12.9 Å². The maximum atomic E-state index is 5.01. The quantitative estimate of drug-likeness (QED) is 0.463. The minimum atomic E-state index is 0.276. The molecular weight excluding hydrogens is 254 g/mol. The molecule has 1 aromatic heterocycles. The van der Waals surface area contributed by atoms with Gasteiger partial charge in [-0.3, -0.25) is 4.98 Å². The van der Waals surface area contributed by atoms with Crippen LogP contribution in [-0.2, 0) is 6.42 Å². The molecule has 1 saturated carbocycles.